The average molecular weight is 257 g/mol. The SMILES string of the molecule is CC(C)(C)OC(=O)NC1(CO)CC(C(C)(C)C)C1. The number of alkyl carbamates (subject to hydrolysis) is 1. The monoisotopic (exact) mass is 257 g/mol. The van der Waals surface area contributed by atoms with Crippen LogP contribution in [0.15, 0.2) is 0 Å². The van der Waals surface area contributed by atoms with Crippen LogP contribution in [0, 0.1) is 11.3 Å². The molecular weight excluding hydrogens is 230 g/mol. The van der Waals surface area contributed by atoms with E-state index < -0.39 is 17.2 Å². The van der Waals surface area contributed by atoms with Gasteiger partial charge in [-0.15, -0.1) is 0 Å². The van der Waals surface area contributed by atoms with Gasteiger partial charge in [-0.3, -0.25) is 0 Å². The van der Waals surface area contributed by atoms with Crippen molar-refractivity contribution in [1.82, 2.24) is 5.32 Å². The average Bonchev–Trinajstić information content (AvgIpc) is 2.05. The third kappa shape index (κ3) is 3.87. The highest BCUT2D eigenvalue weighted by Crippen LogP contribution is 2.47. The molecule has 0 aromatic rings. The first-order chi connectivity index (χ1) is 7.97. The smallest absolute Gasteiger partial charge is 0.408 e. The molecule has 18 heavy (non-hydrogen) atoms. The second-order valence-corrected chi connectivity index (χ2v) is 7.54. The number of carbonyl (C=O) groups excluding carboxylic acids is 1. The van der Waals surface area contributed by atoms with Gasteiger partial charge in [0, 0.05) is 0 Å². The van der Waals surface area contributed by atoms with Gasteiger partial charge in [0.05, 0.1) is 12.1 Å². The standard InChI is InChI=1S/C14H27NO3/c1-12(2,3)10-7-14(8-10,9-16)15-11(17)18-13(4,5)6/h10,16H,7-9H2,1-6H3,(H,15,17). The van der Waals surface area contributed by atoms with E-state index in [9.17, 15) is 9.90 Å². The van der Waals surface area contributed by atoms with Crippen LogP contribution in [-0.4, -0.2) is 28.9 Å². The van der Waals surface area contributed by atoms with Crippen molar-refractivity contribution in [3.05, 3.63) is 0 Å². The van der Waals surface area contributed by atoms with Crippen LogP contribution in [0.3, 0.4) is 0 Å². The van der Waals surface area contributed by atoms with Crippen molar-refractivity contribution in [2.24, 2.45) is 11.3 Å². The topological polar surface area (TPSA) is 58.6 Å². The third-order valence-electron chi connectivity index (χ3n) is 3.57. The summed E-state index contributed by atoms with van der Waals surface area (Å²) in [6, 6.07) is 0. The van der Waals surface area contributed by atoms with Crippen molar-refractivity contribution < 1.29 is 14.6 Å². The molecule has 0 saturated heterocycles. The lowest BCUT2D eigenvalue weighted by atomic mass is 9.59. The van der Waals surface area contributed by atoms with Crippen LogP contribution in [0.25, 0.3) is 0 Å². The molecule has 0 heterocycles. The first-order valence-corrected chi connectivity index (χ1v) is 6.59. The number of ether oxygens (including phenoxy) is 1. The molecule has 0 spiro atoms. The number of aliphatic hydroxyl groups excluding tert-OH is 1. The Balaban J connectivity index is 2.53. The second-order valence-electron chi connectivity index (χ2n) is 7.54. The number of rotatable bonds is 2. The molecule has 0 unspecified atom stereocenters. The van der Waals surface area contributed by atoms with Gasteiger partial charge in [0.25, 0.3) is 0 Å². The summed E-state index contributed by atoms with van der Waals surface area (Å²) in [6.45, 7) is 12.0. The number of aliphatic hydroxyl groups is 1. The molecule has 1 amide bonds. The molecule has 1 saturated carbocycles. The zero-order chi connectivity index (χ0) is 14.2. The minimum absolute atomic E-state index is 0.0289. The highest BCUT2D eigenvalue weighted by molar-refractivity contribution is 5.69. The Labute approximate surface area is 110 Å². The van der Waals surface area contributed by atoms with Gasteiger partial charge in [-0.25, -0.2) is 4.79 Å². The molecule has 0 aromatic carbocycles. The summed E-state index contributed by atoms with van der Waals surface area (Å²) in [4.78, 5) is 11.7. The van der Waals surface area contributed by atoms with E-state index in [1.807, 2.05) is 20.8 Å². The lowest BCUT2D eigenvalue weighted by molar-refractivity contribution is -0.0222. The third-order valence-corrected chi connectivity index (χ3v) is 3.57. The van der Waals surface area contributed by atoms with E-state index >= 15 is 0 Å². The number of hydrogen-bond donors (Lipinski definition) is 2. The van der Waals surface area contributed by atoms with Crippen LogP contribution < -0.4 is 5.32 Å². The first kappa shape index (κ1) is 15.3. The molecule has 4 heteroatoms. The van der Waals surface area contributed by atoms with E-state index in [0.717, 1.165) is 12.8 Å². The summed E-state index contributed by atoms with van der Waals surface area (Å²) in [5.74, 6) is 0.527. The van der Waals surface area contributed by atoms with Gasteiger partial charge < -0.3 is 15.2 Å². The van der Waals surface area contributed by atoms with Crippen LogP contribution in [0.4, 0.5) is 4.79 Å². The van der Waals surface area contributed by atoms with E-state index in [-0.39, 0.29) is 12.0 Å². The van der Waals surface area contributed by atoms with Crippen LogP contribution >= 0.6 is 0 Å². The Hall–Kier alpha value is -0.770. The highest BCUT2D eigenvalue weighted by atomic mass is 16.6. The van der Waals surface area contributed by atoms with Gasteiger partial charge in [0.2, 0.25) is 0 Å². The molecule has 0 radical (unpaired) electrons. The number of amides is 1. The second kappa shape index (κ2) is 4.72. The van der Waals surface area contributed by atoms with Gasteiger partial charge in [-0.05, 0) is 44.9 Å². The number of nitrogens with one attached hydrogen (secondary N) is 1. The molecule has 1 rings (SSSR count). The lowest BCUT2D eigenvalue weighted by Crippen LogP contribution is -2.62. The fourth-order valence-corrected chi connectivity index (χ4v) is 2.29. The fourth-order valence-electron chi connectivity index (χ4n) is 2.29. The molecular formula is C14H27NO3. The Morgan fingerprint density at radius 3 is 2.11 bits per heavy atom. The molecule has 0 aromatic heterocycles. The molecule has 0 bridgehead atoms. The van der Waals surface area contributed by atoms with Gasteiger partial charge in [0.1, 0.15) is 5.60 Å². The largest absolute Gasteiger partial charge is 0.444 e. The van der Waals surface area contributed by atoms with E-state index in [0.29, 0.717) is 5.92 Å². The van der Waals surface area contributed by atoms with Gasteiger partial charge in [-0.2, -0.15) is 0 Å². The van der Waals surface area contributed by atoms with Crippen LogP contribution in [0.2, 0.25) is 0 Å². The fraction of sp³-hybridized carbons (Fsp3) is 0.929. The molecule has 1 fully saturated rings. The molecule has 0 aliphatic heterocycles. The zero-order valence-electron chi connectivity index (χ0n) is 12.5. The molecule has 4 nitrogen and oxygen atoms in total. The summed E-state index contributed by atoms with van der Waals surface area (Å²) in [5.41, 5.74) is -0.775. The highest BCUT2D eigenvalue weighted by Gasteiger charge is 2.49. The quantitative estimate of drug-likeness (QED) is 0.799. The normalized spacial score (nSPS) is 28.5. The molecule has 1 aliphatic rings. The summed E-state index contributed by atoms with van der Waals surface area (Å²) in [5, 5.41) is 12.3. The zero-order valence-corrected chi connectivity index (χ0v) is 12.5. The summed E-state index contributed by atoms with van der Waals surface area (Å²) < 4.78 is 5.23. The minimum Gasteiger partial charge on any atom is -0.444 e. The maximum absolute atomic E-state index is 11.7. The van der Waals surface area contributed by atoms with Crippen molar-refractivity contribution in [3.8, 4) is 0 Å². The predicted molar refractivity (Wildman–Crippen MR) is 71.4 cm³/mol. The molecule has 1 aliphatic carbocycles. The number of hydrogen-bond acceptors (Lipinski definition) is 3. The number of carbonyl (C=O) groups is 1. The Bertz CT molecular complexity index is 306. The summed E-state index contributed by atoms with van der Waals surface area (Å²) in [6.07, 6.45) is 1.18. The van der Waals surface area contributed by atoms with E-state index in [1.165, 1.54) is 0 Å². The van der Waals surface area contributed by atoms with Crippen molar-refractivity contribution in [3.63, 3.8) is 0 Å². The summed E-state index contributed by atoms with van der Waals surface area (Å²) in [7, 11) is 0. The lowest BCUT2D eigenvalue weighted by Gasteiger charge is -2.52. The van der Waals surface area contributed by atoms with Crippen LogP contribution in [0.5, 0.6) is 0 Å². The molecule has 2 N–H and O–H groups in total. The minimum atomic E-state index is -0.506. The van der Waals surface area contributed by atoms with Gasteiger partial charge >= 0.3 is 6.09 Å². The predicted octanol–water partition coefficient (Wildman–Crippen LogP) is 2.70. The van der Waals surface area contributed by atoms with Crippen molar-refractivity contribution in [2.45, 2.75) is 65.5 Å². The first-order valence-electron chi connectivity index (χ1n) is 6.59. The van der Waals surface area contributed by atoms with Gasteiger partial charge in [0.15, 0.2) is 0 Å². The maximum atomic E-state index is 11.7. The van der Waals surface area contributed by atoms with Crippen molar-refractivity contribution in [1.29, 1.82) is 0 Å². The maximum Gasteiger partial charge on any atom is 0.408 e. The van der Waals surface area contributed by atoms with Gasteiger partial charge in [-0.1, -0.05) is 20.8 Å². The van der Waals surface area contributed by atoms with E-state index in [1.54, 1.807) is 0 Å². The Kier molecular flexibility index (Phi) is 4.01. The van der Waals surface area contributed by atoms with Crippen molar-refractivity contribution >= 4 is 6.09 Å². The molecule has 0 atom stereocenters. The van der Waals surface area contributed by atoms with Crippen LogP contribution in [0.1, 0.15) is 54.4 Å². The Morgan fingerprint density at radius 2 is 1.78 bits per heavy atom. The molecule has 106 valence electrons. The Morgan fingerprint density at radius 1 is 1.28 bits per heavy atom. The van der Waals surface area contributed by atoms with Crippen molar-refractivity contribution in [2.75, 3.05) is 6.61 Å². The summed E-state index contributed by atoms with van der Waals surface area (Å²) >= 11 is 0. The van der Waals surface area contributed by atoms with E-state index in [4.69, 9.17) is 4.74 Å². The van der Waals surface area contributed by atoms with E-state index in [2.05, 4.69) is 26.1 Å². The van der Waals surface area contributed by atoms with Crippen LogP contribution in [-0.2, 0) is 4.74 Å².